The molecule has 1 aliphatic rings. The van der Waals surface area contributed by atoms with E-state index in [1.54, 1.807) is 6.07 Å². The molecule has 1 aromatic carbocycles. The molecule has 1 fully saturated rings. The summed E-state index contributed by atoms with van der Waals surface area (Å²) < 4.78 is 4.72. The quantitative estimate of drug-likeness (QED) is 0.642. The molecule has 0 aromatic heterocycles. The lowest BCUT2D eigenvalue weighted by atomic mass is 9.91. The third kappa shape index (κ3) is 2.07. The molecule has 0 amide bonds. The van der Waals surface area contributed by atoms with Crippen molar-refractivity contribution in [2.45, 2.75) is 25.3 Å². The third-order valence-electron chi connectivity index (χ3n) is 3.49. The zero-order chi connectivity index (χ0) is 12.4. The molecule has 0 saturated heterocycles. The number of methoxy groups -OCH3 is 1. The Balaban J connectivity index is 2.31. The number of anilines is 2. The minimum Gasteiger partial charge on any atom is -0.465 e. The van der Waals surface area contributed by atoms with Gasteiger partial charge in [0.2, 0.25) is 0 Å². The first kappa shape index (κ1) is 11.8. The van der Waals surface area contributed by atoms with Gasteiger partial charge in [0.05, 0.1) is 24.0 Å². The Labute approximate surface area is 101 Å². The maximum absolute atomic E-state index is 11.5. The Morgan fingerprint density at radius 1 is 1.47 bits per heavy atom. The van der Waals surface area contributed by atoms with Gasteiger partial charge >= 0.3 is 5.97 Å². The minimum atomic E-state index is -0.383. The SMILES string of the molecule is COC(=O)c1cccc(N(C)C2CCC2)c1N. The predicted molar refractivity (Wildman–Crippen MR) is 68.2 cm³/mol. The molecule has 1 aromatic rings. The van der Waals surface area contributed by atoms with Gasteiger partial charge in [0.25, 0.3) is 0 Å². The Bertz CT molecular complexity index is 427. The fourth-order valence-corrected chi connectivity index (χ4v) is 2.12. The van der Waals surface area contributed by atoms with Gasteiger partial charge in [-0.25, -0.2) is 4.79 Å². The number of carbonyl (C=O) groups is 1. The van der Waals surface area contributed by atoms with Crippen LogP contribution in [0.2, 0.25) is 0 Å². The molecule has 0 atom stereocenters. The third-order valence-corrected chi connectivity index (χ3v) is 3.49. The van der Waals surface area contributed by atoms with E-state index in [0.717, 1.165) is 5.69 Å². The van der Waals surface area contributed by atoms with E-state index in [4.69, 9.17) is 10.5 Å². The van der Waals surface area contributed by atoms with E-state index in [2.05, 4.69) is 4.90 Å². The number of hydrogen-bond donors (Lipinski definition) is 1. The molecule has 1 saturated carbocycles. The van der Waals surface area contributed by atoms with E-state index in [0.29, 0.717) is 17.3 Å². The highest BCUT2D eigenvalue weighted by atomic mass is 16.5. The molecule has 2 rings (SSSR count). The van der Waals surface area contributed by atoms with Crippen molar-refractivity contribution in [1.82, 2.24) is 0 Å². The highest BCUT2D eigenvalue weighted by Crippen LogP contribution is 2.33. The topological polar surface area (TPSA) is 55.6 Å². The van der Waals surface area contributed by atoms with Gasteiger partial charge in [-0.3, -0.25) is 0 Å². The molecule has 0 radical (unpaired) electrons. The summed E-state index contributed by atoms with van der Waals surface area (Å²) in [5.74, 6) is -0.383. The number of rotatable bonds is 3. The molecule has 4 heteroatoms. The molecule has 2 N–H and O–H groups in total. The molecule has 0 bridgehead atoms. The number of nitrogens with zero attached hydrogens (tertiary/aromatic N) is 1. The first-order chi connectivity index (χ1) is 8.15. The van der Waals surface area contributed by atoms with Crippen molar-refractivity contribution in [1.29, 1.82) is 0 Å². The maximum atomic E-state index is 11.5. The fraction of sp³-hybridized carbons (Fsp3) is 0.462. The summed E-state index contributed by atoms with van der Waals surface area (Å²) in [6.07, 6.45) is 3.66. The Morgan fingerprint density at radius 2 is 2.18 bits per heavy atom. The lowest BCUT2D eigenvalue weighted by Crippen LogP contribution is -2.37. The molecule has 0 spiro atoms. The van der Waals surface area contributed by atoms with Crippen LogP contribution in [0.4, 0.5) is 11.4 Å². The van der Waals surface area contributed by atoms with Gasteiger partial charge in [-0.05, 0) is 31.4 Å². The van der Waals surface area contributed by atoms with E-state index >= 15 is 0 Å². The standard InChI is InChI=1S/C13H18N2O2/c1-15(9-5-3-6-9)11-8-4-7-10(12(11)14)13(16)17-2/h4,7-9H,3,5-6,14H2,1-2H3. The number of esters is 1. The van der Waals surface area contributed by atoms with Crippen LogP contribution in [0.15, 0.2) is 18.2 Å². The van der Waals surface area contributed by atoms with E-state index in [9.17, 15) is 4.79 Å². The van der Waals surface area contributed by atoms with Crippen LogP contribution in [0.5, 0.6) is 0 Å². The first-order valence-electron chi connectivity index (χ1n) is 5.84. The number of nitrogen functional groups attached to an aromatic ring is 1. The van der Waals surface area contributed by atoms with Crippen LogP contribution >= 0.6 is 0 Å². The molecule has 17 heavy (non-hydrogen) atoms. The minimum absolute atomic E-state index is 0.383. The number of para-hydroxylation sites is 1. The van der Waals surface area contributed by atoms with Gasteiger partial charge in [0.1, 0.15) is 0 Å². The van der Waals surface area contributed by atoms with E-state index < -0.39 is 0 Å². The van der Waals surface area contributed by atoms with Gasteiger partial charge in [-0.1, -0.05) is 6.07 Å². The normalized spacial score (nSPS) is 15.2. The van der Waals surface area contributed by atoms with E-state index in [1.807, 2.05) is 19.2 Å². The number of ether oxygens (including phenoxy) is 1. The second-order valence-corrected chi connectivity index (χ2v) is 4.43. The Kier molecular flexibility index (Phi) is 3.22. The van der Waals surface area contributed by atoms with Crippen LogP contribution in [0.3, 0.4) is 0 Å². The summed E-state index contributed by atoms with van der Waals surface area (Å²) in [4.78, 5) is 13.7. The summed E-state index contributed by atoms with van der Waals surface area (Å²) in [5, 5.41) is 0. The van der Waals surface area contributed by atoms with Gasteiger partial charge in [-0.2, -0.15) is 0 Å². The Hall–Kier alpha value is -1.71. The molecular weight excluding hydrogens is 216 g/mol. The number of nitrogens with two attached hydrogens (primary N) is 1. The van der Waals surface area contributed by atoms with Crippen LogP contribution in [-0.2, 0) is 4.74 Å². The fourth-order valence-electron chi connectivity index (χ4n) is 2.12. The maximum Gasteiger partial charge on any atom is 0.340 e. The van der Waals surface area contributed by atoms with E-state index in [1.165, 1.54) is 26.4 Å². The van der Waals surface area contributed by atoms with Gasteiger partial charge in [0.15, 0.2) is 0 Å². The molecule has 0 heterocycles. The second-order valence-electron chi connectivity index (χ2n) is 4.43. The van der Waals surface area contributed by atoms with Crippen LogP contribution in [0.1, 0.15) is 29.6 Å². The van der Waals surface area contributed by atoms with Crippen LogP contribution < -0.4 is 10.6 Å². The van der Waals surface area contributed by atoms with Crippen molar-refractivity contribution in [2.24, 2.45) is 0 Å². The van der Waals surface area contributed by atoms with Crippen molar-refractivity contribution in [3.63, 3.8) is 0 Å². The second kappa shape index (κ2) is 4.65. The zero-order valence-electron chi connectivity index (χ0n) is 10.3. The van der Waals surface area contributed by atoms with Crippen molar-refractivity contribution in [3.05, 3.63) is 23.8 Å². The average molecular weight is 234 g/mol. The lowest BCUT2D eigenvalue weighted by Gasteiger charge is -2.37. The van der Waals surface area contributed by atoms with Crippen molar-refractivity contribution in [2.75, 3.05) is 24.8 Å². The highest BCUT2D eigenvalue weighted by molar-refractivity contribution is 5.98. The zero-order valence-corrected chi connectivity index (χ0v) is 10.3. The predicted octanol–water partition coefficient (Wildman–Crippen LogP) is 2.04. The summed E-state index contributed by atoms with van der Waals surface area (Å²) in [5.41, 5.74) is 7.90. The summed E-state index contributed by atoms with van der Waals surface area (Å²) in [6, 6.07) is 6.03. The van der Waals surface area contributed by atoms with Gasteiger partial charge in [0, 0.05) is 13.1 Å². The van der Waals surface area contributed by atoms with Crippen LogP contribution in [0, 0.1) is 0 Å². The number of hydrogen-bond acceptors (Lipinski definition) is 4. The average Bonchev–Trinajstić information content (AvgIpc) is 2.26. The largest absolute Gasteiger partial charge is 0.465 e. The number of benzene rings is 1. The summed E-state index contributed by atoms with van der Waals surface area (Å²) in [7, 11) is 3.39. The van der Waals surface area contributed by atoms with Gasteiger partial charge < -0.3 is 15.4 Å². The van der Waals surface area contributed by atoms with Crippen molar-refractivity contribution in [3.8, 4) is 0 Å². The van der Waals surface area contributed by atoms with E-state index in [-0.39, 0.29) is 5.97 Å². The lowest BCUT2D eigenvalue weighted by molar-refractivity contribution is 0.0602. The Morgan fingerprint density at radius 3 is 2.71 bits per heavy atom. The molecule has 0 unspecified atom stereocenters. The molecule has 4 nitrogen and oxygen atoms in total. The molecule has 92 valence electrons. The first-order valence-corrected chi connectivity index (χ1v) is 5.84. The molecule has 0 aliphatic heterocycles. The monoisotopic (exact) mass is 234 g/mol. The summed E-state index contributed by atoms with van der Waals surface area (Å²) in [6.45, 7) is 0. The van der Waals surface area contributed by atoms with Crippen molar-refractivity contribution >= 4 is 17.3 Å². The van der Waals surface area contributed by atoms with Gasteiger partial charge in [-0.15, -0.1) is 0 Å². The molecular formula is C13H18N2O2. The molecule has 1 aliphatic carbocycles. The van der Waals surface area contributed by atoms with Crippen LogP contribution in [0.25, 0.3) is 0 Å². The van der Waals surface area contributed by atoms with Crippen LogP contribution in [-0.4, -0.2) is 26.2 Å². The highest BCUT2D eigenvalue weighted by Gasteiger charge is 2.24. The summed E-state index contributed by atoms with van der Waals surface area (Å²) >= 11 is 0. The smallest absolute Gasteiger partial charge is 0.340 e. The van der Waals surface area contributed by atoms with Crippen molar-refractivity contribution < 1.29 is 9.53 Å². The number of carbonyl (C=O) groups excluding carboxylic acids is 1.